The molecule has 0 bridgehead atoms. The highest BCUT2D eigenvalue weighted by molar-refractivity contribution is 6.04. The molecule has 0 aliphatic carbocycles. The van der Waals surface area contributed by atoms with Crippen LogP contribution in [-0.4, -0.2) is 35.9 Å². The van der Waals surface area contributed by atoms with Crippen LogP contribution < -0.4 is 5.32 Å². The molecule has 2 heterocycles. The Labute approximate surface area is 155 Å². The zero-order valence-electron chi connectivity index (χ0n) is 14.9. The molecule has 0 aliphatic rings. The number of nitrogens with one attached hydrogen (secondary N) is 1. The van der Waals surface area contributed by atoms with Crippen molar-refractivity contribution in [2.45, 2.75) is 13.8 Å². The second-order valence-electron chi connectivity index (χ2n) is 6.14. The molecule has 2 aromatic carbocycles. The average molecular weight is 359 g/mol. The summed E-state index contributed by atoms with van der Waals surface area (Å²) in [6.07, 6.45) is 1.51. The summed E-state index contributed by atoms with van der Waals surface area (Å²) >= 11 is 0. The summed E-state index contributed by atoms with van der Waals surface area (Å²) < 4.78 is 3.40. The van der Waals surface area contributed by atoms with Crippen LogP contribution in [0.4, 0.5) is 5.69 Å². The summed E-state index contributed by atoms with van der Waals surface area (Å²) in [5.41, 5.74) is 5.01. The van der Waals surface area contributed by atoms with Crippen LogP contribution >= 0.6 is 0 Å². The van der Waals surface area contributed by atoms with E-state index in [1.165, 1.54) is 6.33 Å². The van der Waals surface area contributed by atoms with Crippen molar-refractivity contribution in [1.29, 1.82) is 0 Å². The summed E-state index contributed by atoms with van der Waals surface area (Å²) in [4.78, 5) is 12.5. The lowest BCUT2D eigenvalue weighted by molar-refractivity contribution is 0.102. The third-order valence-corrected chi connectivity index (χ3v) is 4.12. The summed E-state index contributed by atoms with van der Waals surface area (Å²) in [7, 11) is 0. The van der Waals surface area contributed by atoms with Gasteiger partial charge in [0.15, 0.2) is 0 Å². The van der Waals surface area contributed by atoms with Crippen LogP contribution in [0.2, 0.25) is 0 Å². The Balaban J connectivity index is 1.47. The van der Waals surface area contributed by atoms with Gasteiger partial charge >= 0.3 is 0 Å². The molecule has 0 atom stereocenters. The molecule has 0 aliphatic heterocycles. The fourth-order valence-electron chi connectivity index (χ4n) is 2.82. The van der Waals surface area contributed by atoms with Crippen molar-refractivity contribution >= 4 is 11.6 Å². The zero-order chi connectivity index (χ0) is 18.8. The molecule has 134 valence electrons. The molecule has 0 radical (unpaired) electrons. The highest BCUT2D eigenvalue weighted by atomic mass is 16.1. The first-order chi connectivity index (χ1) is 13.1. The first-order valence-corrected chi connectivity index (χ1v) is 8.39. The van der Waals surface area contributed by atoms with Gasteiger partial charge in [-0.05, 0) is 78.9 Å². The Hall–Kier alpha value is -3.81. The molecule has 0 saturated heterocycles. The number of aromatic nitrogens is 6. The summed E-state index contributed by atoms with van der Waals surface area (Å²) in [6.45, 7) is 3.95. The number of aryl methyl sites for hydroxylation is 2. The van der Waals surface area contributed by atoms with Gasteiger partial charge in [-0.15, -0.1) is 5.10 Å². The summed E-state index contributed by atoms with van der Waals surface area (Å²) in [6, 6.07) is 16.6. The fraction of sp³-hybridized carbons (Fsp3) is 0.105. The number of anilines is 1. The maximum absolute atomic E-state index is 12.5. The van der Waals surface area contributed by atoms with Crippen LogP contribution in [0.5, 0.6) is 0 Å². The zero-order valence-corrected chi connectivity index (χ0v) is 14.9. The number of carbonyl (C=O) groups excluding carboxylic acids is 1. The number of amides is 1. The van der Waals surface area contributed by atoms with Crippen LogP contribution in [0.1, 0.15) is 21.7 Å². The largest absolute Gasteiger partial charge is 0.322 e. The van der Waals surface area contributed by atoms with Gasteiger partial charge in [0.25, 0.3) is 5.91 Å². The van der Waals surface area contributed by atoms with Gasteiger partial charge in [-0.1, -0.05) is 0 Å². The molecule has 1 amide bonds. The van der Waals surface area contributed by atoms with Crippen LogP contribution in [0.15, 0.2) is 60.9 Å². The highest BCUT2D eigenvalue weighted by Crippen LogP contribution is 2.16. The first-order valence-electron chi connectivity index (χ1n) is 8.39. The Bertz CT molecular complexity index is 1060. The van der Waals surface area contributed by atoms with E-state index in [0.717, 1.165) is 22.8 Å². The van der Waals surface area contributed by atoms with Crippen molar-refractivity contribution in [2.75, 3.05) is 5.32 Å². The van der Waals surface area contributed by atoms with Gasteiger partial charge in [0.05, 0.1) is 17.1 Å². The predicted molar refractivity (Wildman–Crippen MR) is 100 cm³/mol. The highest BCUT2D eigenvalue weighted by Gasteiger charge is 2.09. The molecule has 4 aromatic rings. The quantitative estimate of drug-likeness (QED) is 0.605. The van der Waals surface area contributed by atoms with Crippen molar-refractivity contribution in [3.05, 3.63) is 77.9 Å². The van der Waals surface area contributed by atoms with Crippen LogP contribution in [0, 0.1) is 13.8 Å². The van der Waals surface area contributed by atoms with Gasteiger partial charge < -0.3 is 5.32 Å². The van der Waals surface area contributed by atoms with Gasteiger partial charge in [0, 0.05) is 16.9 Å². The maximum atomic E-state index is 12.5. The first kappa shape index (κ1) is 16.6. The molecular weight excluding hydrogens is 342 g/mol. The molecule has 0 fully saturated rings. The third-order valence-electron chi connectivity index (χ3n) is 4.12. The van der Waals surface area contributed by atoms with E-state index >= 15 is 0 Å². The number of hydrogen-bond donors (Lipinski definition) is 1. The topological polar surface area (TPSA) is 90.5 Å². The lowest BCUT2D eigenvalue weighted by Gasteiger charge is -2.08. The minimum absolute atomic E-state index is 0.176. The van der Waals surface area contributed by atoms with E-state index in [1.807, 2.05) is 48.9 Å². The van der Waals surface area contributed by atoms with Crippen molar-refractivity contribution in [2.24, 2.45) is 0 Å². The van der Waals surface area contributed by atoms with E-state index in [2.05, 4.69) is 25.9 Å². The molecular formula is C19H17N7O. The normalized spacial score (nSPS) is 10.7. The molecule has 8 nitrogen and oxygen atoms in total. The van der Waals surface area contributed by atoms with Gasteiger partial charge in [-0.3, -0.25) is 4.79 Å². The lowest BCUT2D eigenvalue weighted by Crippen LogP contribution is -2.12. The van der Waals surface area contributed by atoms with E-state index in [-0.39, 0.29) is 5.91 Å². The Kier molecular flexibility index (Phi) is 4.21. The molecule has 0 unspecified atom stereocenters. The van der Waals surface area contributed by atoms with Gasteiger partial charge in [0.2, 0.25) is 0 Å². The number of rotatable bonds is 4. The smallest absolute Gasteiger partial charge is 0.255 e. The Morgan fingerprint density at radius 2 is 1.67 bits per heavy atom. The molecule has 0 spiro atoms. The van der Waals surface area contributed by atoms with Crippen LogP contribution in [0.3, 0.4) is 0 Å². The van der Waals surface area contributed by atoms with E-state index < -0.39 is 0 Å². The average Bonchev–Trinajstić information content (AvgIpc) is 3.32. The summed E-state index contributed by atoms with van der Waals surface area (Å²) in [5.74, 6) is -0.176. The summed E-state index contributed by atoms with van der Waals surface area (Å²) in [5, 5.41) is 18.4. The maximum Gasteiger partial charge on any atom is 0.255 e. The molecule has 0 saturated carbocycles. The molecule has 8 heteroatoms. The van der Waals surface area contributed by atoms with Crippen LogP contribution in [-0.2, 0) is 0 Å². The van der Waals surface area contributed by atoms with Gasteiger partial charge in [0.1, 0.15) is 6.33 Å². The predicted octanol–water partition coefficient (Wildman–Crippen LogP) is 2.72. The fourth-order valence-corrected chi connectivity index (χ4v) is 2.82. The molecule has 4 rings (SSSR count). The number of tetrazole rings is 1. The van der Waals surface area contributed by atoms with Crippen molar-refractivity contribution < 1.29 is 4.79 Å². The van der Waals surface area contributed by atoms with E-state index in [0.29, 0.717) is 11.3 Å². The third kappa shape index (κ3) is 3.45. The number of benzene rings is 2. The SMILES string of the molecule is Cc1cc(C)n(-c2ccc(C(=O)Nc3ccc(-n4cnnn4)cc3)cc2)n1. The van der Waals surface area contributed by atoms with E-state index in [4.69, 9.17) is 0 Å². The van der Waals surface area contributed by atoms with E-state index in [9.17, 15) is 4.79 Å². The lowest BCUT2D eigenvalue weighted by atomic mass is 10.2. The van der Waals surface area contributed by atoms with E-state index in [1.54, 1.807) is 28.9 Å². The number of nitrogens with zero attached hydrogens (tertiary/aromatic N) is 6. The van der Waals surface area contributed by atoms with Crippen molar-refractivity contribution in [1.82, 2.24) is 30.0 Å². The monoisotopic (exact) mass is 359 g/mol. The van der Waals surface area contributed by atoms with Crippen LogP contribution in [0.25, 0.3) is 11.4 Å². The second kappa shape index (κ2) is 6.83. The Morgan fingerprint density at radius 3 is 2.26 bits per heavy atom. The molecule has 1 N–H and O–H groups in total. The standard InChI is InChI=1S/C19H17N7O/c1-13-11-14(2)26(22-13)18-7-3-15(4-8-18)19(27)21-16-5-9-17(10-6-16)25-12-20-23-24-25/h3-12H,1-2H3,(H,21,27). The minimum Gasteiger partial charge on any atom is -0.322 e. The number of hydrogen-bond acceptors (Lipinski definition) is 5. The van der Waals surface area contributed by atoms with Gasteiger partial charge in [-0.2, -0.15) is 5.10 Å². The molecule has 27 heavy (non-hydrogen) atoms. The van der Waals surface area contributed by atoms with Gasteiger partial charge in [-0.25, -0.2) is 9.36 Å². The Morgan fingerprint density at radius 1 is 0.963 bits per heavy atom. The number of carbonyl (C=O) groups is 1. The van der Waals surface area contributed by atoms with Crippen molar-refractivity contribution in [3.63, 3.8) is 0 Å². The minimum atomic E-state index is -0.176. The second-order valence-corrected chi connectivity index (χ2v) is 6.14. The van der Waals surface area contributed by atoms with Crippen molar-refractivity contribution in [3.8, 4) is 11.4 Å². The molecule has 2 aromatic heterocycles.